The molecule has 1 rings (SSSR count). The fourth-order valence-electron chi connectivity index (χ4n) is 1.32. The van der Waals surface area contributed by atoms with Crippen molar-refractivity contribution < 1.29 is 13.6 Å². The first kappa shape index (κ1) is 14.1. The van der Waals surface area contributed by atoms with Crippen LogP contribution in [0, 0.1) is 11.6 Å². The number of anilines is 2. The van der Waals surface area contributed by atoms with Gasteiger partial charge in [0.2, 0.25) is 5.91 Å². The number of halogens is 2. The number of aromatic nitrogens is 1. The molecule has 18 heavy (non-hydrogen) atoms. The third-order valence-electron chi connectivity index (χ3n) is 2.21. The van der Waals surface area contributed by atoms with Crippen molar-refractivity contribution in [3.05, 3.63) is 17.7 Å². The fourth-order valence-corrected chi connectivity index (χ4v) is 1.32. The average Bonchev–Trinajstić information content (AvgIpc) is 2.30. The predicted molar refractivity (Wildman–Crippen MR) is 63.5 cm³/mol. The molecule has 6 nitrogen and oxygen atoms in total. The number of nitrogen functional groups attached to an aromatic ring is 1. The van der Waals surface area contributed by atoms with Crippen molar-refractivity contribution in [3.63, 3.8) is 0 Å². The molecule has 100 valence electrons. The summed E-state index contributed by atoms with van der Waals surface area (Å²) in [5.74, 6) is 2.64. The summed E-state index contributed by atoms with van der Waals surface area (Å²) in [6, 6.07) is 0.688. The number of carbonyl (C=O) groups is 1. The van der Waals surface area contributed by atoms with Crippen LogP contribution in [0.4, 0.5) is 20.4 Å². The quantitative estimate of drug-likeness (QED) is 0.328. The van der Waals surface area contributed by atoms with E-state index in [1.807, 2.05) is 5.43 Å². The van der Waals surface area contributed by atoms with E-state index in [-0.39, 0.29) is 24.0 Å². The van der Waals surface area contributed by atoms with Gasteiger partial charge in [0.05, 0.1) is 0 Å². The number of nitrogens with two attached hydrogens (primary N) is 2. The Balaban J connectivity index is 2.49. The monoisotopic (exact) mass is 259 g/mol. The lowest BCUT2D eigenvalue weighted by Crippen LogP contribution is -2.14. The average molecular weight is 259 g/mol. The van der Waals surface area contributed by atoms with Crippen molar-refractivity contribution in [1.82, 2.24) is 4.98 Å². The van der Waals surface area contributed by atoms with E-state index in [0.717, 1.165) is 0 Å². The molecule has 1 aromatic heterocycles. The molecule has 0 saturated carbocycles. The summed E-state index contributed by atoms with van der Waals surface area (Å²) in [5.41, 5.74) is 6.99. The van der Waals surface area contributed by atoms with Crippen LogP contribution in [-0.2, 0) is 4.79 Å². The molecule has 1 aromatic rings. The summed E-state index contributed by atoms with van der Waals surface area (Å²) in [6.07, 6.45) is 1.48. The van der Waals surface area contributed by atoms with Gasteiger partial charge in [0.25, 0.3) is 0 Å². The van der Waals surface area contributed by atoms with Crippen molar-refractivity contribution in [3.8, 4) is 0 Å². The van der Waals surface area contributed by atoms with Gasteiger partial charge in [0.1, 0.15) is 0 Å². The molecule has 0 radical (unpaired) electrons. The lowest BCUT2D eigenvalue weighted by atomic mass is 10.2. The highest BCUT2D eigenvalue weighted by molar-refractivity contribution is 5.73. The molecule has 0 unspecified atom stereocenters. The molecule has 0 atom stereocenters. The smallest absolute Gasteiger partial charge is 0.217 e. The Morgan fingerprint density at radius 3 is 2.56 bits per heavy atom. The molecule has 1 amide bonds. The van der Waals surface area contributed by atoms with E-state index in [1.54, 1.807) is 0 Å². The number of nitrogens with one attached hydrogen (secondary N) is 2. The normalized spacial score (nSPS) is 10.2. The number of pyridine rings is 1. The Morgan fingerprint density at radius 1 is 1.28 bits per heavy atom. The molecular weight excluding hydrogens is 244 g/mol. The molecule has 0 saturated heterocycles. The first-order valence-electron chi connectivity index (χ1n) is 5.39. The molecular formula is C10H15F2N5O. The molecule has 0 fully saturated rings. The molecule has 0 bridgehead atoms. The second kappa shape index (κ2) is 6.70. The molecule has 8 heteroatoms. The Kier molecular flexibility index (Phi) is 5.25. The number of nitrogens with zero attached hydrogens (tertiary/aromatic N) is 1. The van der Waals surface area contributed by atoms with Crippen LogP contribution in [0.5, 0.6) is 0 Å². The van der Waals surface area contributed by atoms with Gasteiger partial charge in [-0.05, 0) is 12.8 Å². The lowest BCUT2D eigenvalue weighted by molar-refractivity contribution is -0.118. The van der Waals surface area contributed by atoms with Crippen LogP contribution in [0.3, 0.4) is 0 Å². The SMILES string of the molecule is NNc1nc(NCCCCC(N)=O)c(F)cc1F. The Morgan fingerprint density at radius 2 is 1.94 bits per heavy atom. The summed E-state index contributed by atoms with van der Waals surface area (Å²) < 4.78 is 26.3. The van der Waals surface area contributed by atoms with Gasteiger partial charge in [-0.1, -0.05) is 0 Å². The van der Waals surface area contributed by atoms with Crippen LogP contribution < -0.4 is 22.3 Å². The van der Waals surface area contributed by atoms with Crippen molar-refractivity contribution in [2.75, 3.05) is 17.3 Å². The third kappa shape index (κ3) is 4.13. The minimum absolute atomic E-state index is 0.0941. The zero-order valence-corrected chi connectivity index (χ0v) is 9.67. The van der Waals surface area contributed by atoms with Crippen LogP contribution in [0.25, 0.3) is 0 Å². The Bertz CT molecular complexity index is 427. The summed E-state index contributed by atoms with van der Waals surface area (Å²) in [6.45, 7) is 0.396. The third-order valence-corrected chi connectivity index (χ3v) is 2.21. The van der Waals surface area contributed by atoms with Crippen molar-refractivity contribution in [2.24, 2.45) is 11.6 Å². The molecule has 0 aliphatic rings. The largest absolute Gasteiger partial charge is 0.370 e. The number of rotatable bonds is 7. The van der Waals surface area contributed by atoms with E-state index in [0.29, 0.717) is 25.5 Å². The molecule has 0 aromatic carbocycles. The number of carbonyl (C=O) groups excluding carboxylic acids is 1. The van der Waals surface area contributed by atoms with Crippen molar-refractivity contribution >= 4 is 17.5 Å². The van der Waals surface area contributed by atoms with Crippen LogP contribution >= 0.6 is 0 Å². The molecule has 0 spiro atoms. The fraction of sp³-hybridized carbons (Fsp3) is 0.400. The van der Waals surface area contributed by atoms with Gasteiger partial charge >= 0.3 is 0 Å². The van der Waals surface area contributed by atoms with Gasteiger partial charge in [-0.25, -0.2) is 19.6 Å². The highest BCUT2D eigenvalue weighted by Gasteiger charge is 2.10. The summed E-state index contributed by atoms with van der Waals surface area (Å²) in [7, 11) is 0. The number of hydrazine groups is 1. The van der Waals surface area contributed by atoms with Gasteiger partial charge in [-0.15, -0.1) is 0 Å². The number of unbranched alkanes of at least 4 members (excludes halogenated alkanes) is 1. The number of hydrogen-bond donors (Lipinski definition) is 4. The minimum Gasteiger partial charge on any atom is -0.370 e. The van der Waals surface area contributed by atoms with Crippen LogP contribution in [0.2, 0.25) is 0 Å². The summed E-state index contributed by atoms with van der Waals surface area (Å²) in [4.78, 5) is 14.1. The highest BCUT2D eigenvalue weighted by atomic mass is 19.1. The topological polar surface area (TPSA) is 106 Å². The van der Waals surface area contributed by atoms with Crippen LogP contribution in [-0.4, -0.2) is 17.4 Å². The first-order valence-corrected chi connectivity index (χ1v) is 5.39. The van der Waals surface area contributed by atoms with E-state index >= 15 is 0 Å². The van der Waals surface area contributed by atoms with Gasteiger partial charge in [0.15, 0.2) is 23.3 Å². The Hall–Kier alpha value is -1.96. The minimum atomic E-state index is -0.866. The first-order chi connectivity index (χ1) is 8.54. The van der Waals surface area contributed by atoms with Gasteiger partial charge < -0.3 is 16.5 Å². The van der Waals surface area contributed by atoms with Crippen molar-refractivity contribution in [1.29, 1.82) is 0 Å². The second-order valence-electron chi connectivity index (χ2n) is 3.64. The van der Waals surface area contributed by atoms with E-state index in [1.165, 1.54) is 0 Å². The maximum atomic E-state index is 13.3. The number of primary amides is 1. The predicted octanol–water partition coefficient (Wildman–Crippen LogP) is 0.713. The zero-order chi connectivity index (χ0) is 13.5. The van der Waals surface area contributed by atoms with E-state index in [4.69, 9.17) is 11.6 Å². The number of hydrogen-bond acceptors (Lipinski definition) is 5. The van der Waals surface area contributed by atoms with Crippen LogP contribution in [0.15, 0.2) is 6.07 Å². The summed E-state index contributed by atoms with van der Waals surface area (Å²) in [5, 5.41) is 2.69. The second-order valence-corrected chi connectivity index (χ2v) is 3.64. The van der Waals surface area contributed by atoms with E-state index in [2.05, 4.69) is 10.3 Å². The zero-order valence-electron chi connectivity index (χ0n) is 9.67. The molecule has 0 aliphatic carbocycles. The van der Waals surface area contributed by atoms with Crippen molar-refractivity contribution in [2.45, 2.75) is 19.3 Å². The molecule has 0 aliphatic heterocycles. The highest BCUT2D eigenvalue weighted by Crippen LogP contribution is 2.18. The van der Waals surface area contributed by atoms with Crippen LogP contribution in [0.1, 0.15) is 19.3 Å². The van der Waals surface area contributed by atoms with E-state index < -0.39 is 11.6 Å². The molecule has 1 heterocycles. The maximum absolute atomic E-state index is 13.3. The van der Waals surface area contributed by atoms with Gasteiger partial charge in [0, 0.05) is 19.0 Å². The van der Waals surface area contributed by atoms with E-state index in [9.17, 15) is 13.6 Å². The summed E-state index contributed by atoms with van der Waals surface area (Å²) >= 11 is 0. The standard InChI is InChI=1S/C10H15F2N5O/c11-6-5-7(12)10(17-14)16-9(6)15-4-2-1-3-8(13)18/h5H,1-4,14H2,(H2,13,18)(H2,15,16,17). The van der Waals surface area contributed by atoms with Gasteiger partial charge in [-0.3, -0.25) is 4.79 Å². The Labute approximate surface area is 103 Å². The molecule has 6 N–H and O–H groups in total. The maximum Gasteiger partial charge on any atom is 0.217 e. The van der Waals surface area contributed by atoms with Gasteiger partial charge in [-0.2, -0.15) is 0 Å². The number of amides is 1. The lowest BCUT2D eigenvalue weighted by Gasteiger charge is -2.08.